The van der Waals surface area contributed by atoms with E-state index in [4.69, 9.17) is 0 Å². The van der Waals surface area contributed by atoms with Crippen molar-refractivity contribution in [3.63, 3.8) is 0 Å². The van der Waals surface area contributed by atoms with Crippen molar-refractivity contribution in [3.8, 4) is 0 Å². The zero-order valence-corrected chi connectivity index (χ0v) is 11.3. The van der Waals surface area contributed by atoms with Crippen molar-refractivity contribution in [2.45, 2.75) is 18.9 Å². The van der Waals surface area contributed by atoms with Gasteiger partial charge in [0.1, 0.15) is 0 Å². The predicted octanol–water partition coefficient (Wildman–Crippen LogP) is 1.42. The number of amides is 1. The van der Waals surface area contributed by atoms with Crippen LogP contribution in [0.3, 0.4) is 0 Å². The van der Waals surface area contributed by atoms with Gasteiger partial charge in [-0.15, -0.1) is 0 Å². The molecule has 1 aliphatic carbocycles. The molecule has 1 heterocycles. The molecule has 0 fully saturated rings. The summed E-state index contributed by atoms with van der Waals surface area (Å²) in [5.74, 6) is 0.320. The highest BCUT2D eigenvalue weighted by Gasteiger charge is 2.24. The zero-order chi connectivity index (χ0) is 13.9. The topological polar surface area (TPSA) is 66.9 Å². The molecular formula is C15H16N4O. The predicted molar refractivity (Wildman–Crippen MR) is 76.7 cm³/mol. The van der Waals surface area contributed by atoms with Gasteiger partial charge in [-0.05, 0) is 24.0 Å². The van der Waals surface area contributed by atoms with Gasteiger partial charge in [-0.25, -0.2) is 9.97 Å². The van der Waals surface area contributed by atoms with E-state index in [9.17, 15) is 4.79 Å². The Hall–Kier alpha value is -2.43. The van der Waals surface area contributed by atoms with Gasteiger partial charge in [-0.3, -0.25) is 4.79 Å². The maximum Gasteiger partial charge on any atom is 0.273 e. The van der Waals surface area contributed by atoms with Crippen molar-refractivity contribution in [2.75, 3.05) is 12.4 Å². The van der Waals surface area contributed by atoms with E-state index < -0.39 is 0 Å². The molecule has 2 N–H and O–H groups in total. The largest absolute Gasteiger partial charge is 0.371 e. The highest BCUT2D eigenvalue weighted by molar-refractivity contribution is 5.96. The summed E-state index contributed by atoms with van der Waals surface area (Å²) in [7, 11) is 1.73. The molecule has 0 bridgehead atoms. The third-order valence-corrected chi connectivity index (χ3v) is 3.54. The van der Waals surface area contributed by atoms with Gasteiger partial charge in [-0.1, -0.05) is 24.3 Å². The standard InChI is InChI=1S/C15H16N4O/c1-16-14-13(17-6-7-18-14)15(20)19-12-8-10-4-2-3-5-11(10)9-12/h2-7,12H,8-9H2,1H3,(H,16,18)(H,19,20). The summed E-state index contributed by atoms with van der Waals surface area (Å²) >= 11 is 0. The molecule has 0 atom stereocenters. The van der Waals surface area contributed by atoms with E-state index in [0.717, 1.165) is 12.8 Å². The second kappa shape index (κ2) is 5.28. The lowest BCUT2D eigenvalue weighted by Crippen LogP contribution is -2.36. The molecule has 1 aromatic heterocycles. The van der Waals surface area contributed by atoms with E-state index >= 15 is 0 Å². The summed E-state index contributed by atoms with van der Waals surface area (Å²) in [5, 5.41) is 5.92. The van der Waals surface area contributed by atoms with Crippen LogP contribution in [-0.2, 0) is 12.8 Å². The van der Waals surface area contributed by atoms with Gasteiger partial charge in [0, 0.05) is 25.5 Å². The minimum Gasteiger partial charge on any atom is -0.371 e. The number of nitrogens with zero attached hydrogens (tertiary/aromatic N) is 2. The first-order chi connectivity index (χ1) is 9.78. The molecule has 5 heteroatoms. The molecule has 1 amide bonds. The summed E-state index contributed by atoms with van der Waals surface area (Å²) in [5.41, 5.74) is 2.96. The van der Waals surface area contributed by atoms with Crippen molar-refractivity contribution in [3.05, 3.63) is 53.5 Å². The van der Waals surface area contributed by atoms with E-state index in [0.29, 0.717) is 11.5 Å². The van der Waals surface area contributed by atoms with Gasteiger partial charge >= 0.3 is 0 Å². The molecule has 0 saturated carbocycles. The molecule has 102 valence electrons. The van der Waals surface area contributed by atoms with Crippen LogP contribution in [0, 0.1) is 0 Å². The Labute approximate surface area is 117 Å². The Kier molecular flexibility index (Phi) is 3.33. The van der Waals surface area contributed by atoms with Gasteiger partial charge in [-0.2, -0.15) is 0 Å². The molecule has 1 aliphatic rings. The highest BCUT2D eigenvalue weighted by Crippen LogP contribution is 2.22. The summed E-state index contributed by atoms with van der Waals surface area (Å²) in [6.07, 6.45) is 4.83. The van der Waals surface area contributed by atoms with Crippen LogP contribution in [0.5, 0.6) is 0 Å². The molecule has 5 nitrogen and oxygen atoms in total. The molecular weight excluding hydrogens is 252 g/mol. The number of carbonyl (C=O) groups excluding carboxylic acids is 1. The Bertz CT molecular complexity index is 616. The number of rotatable bonds is 3. The molecule has 0 radical (unpaired) electrons. The number of hydrogen-bond donors (Lipinski definition) is 2. The summed E-state index contributed by atoms with van der Waals surface area (Å²) in [4.78, 5) is 20.5. The second-order valence-corrected chi connectivity index (χ2v) is 4.85. The lowest BCUT2D eigenvalue weighted by Gasteiger charge is -2.13. The third-order valence-electron chi connectivity index (χ3n) is 3.54. The van der Waals surface area contributed by atoms with Crippen LogP contribution in [-0.4, -0.2) is 29.0 Å². The van der Waals surface area contributed by atoms with Crippen LogP contribution in [0.15, 0.2) is 36.7 Å². The van der Waals surface area contributed by atoms with E-state index in [1.807, 2.05) is 12.1 Å². The summed E-state index contributed by atoms with van der Waals surface area (Å²) < 4.78 is 0. The minimum absolute atomic E-state index is 0.131. The number of hydrogen-bond acceptors (Lipinski definition) is 4. The third kappa shape index (κ3) is 2.34. The van der Waals surface area contributed by atoms with Gasteiger partial charge in [0.15, 0.2) is 11.5 Å². The van der Waals surface area contributed by atoms with Gasteiger partial charge in [0.2, 0.25) is 0 Å². The fraction of sp³-hybridized carbons (Fsp3) is 0.267. The van der Waals surface area contributed by atoms with Crippen LogP contribution in [0.2, 0.25) is 0 Å². The van der Waals surface area contributed by atoms with Gasteiger partial charge in [0.25, 0.3) is 5.91 Å². The first kappa shape index (κ1) is 12.6. The van der Waals surface area contributed by atoms with E-state index in [2.05, 4.69) is 32.7 Å². The van der Waals surface area contributed by atoms with Crippen LogP contribution in [0.4, 0.5) is 5.82 Å². The molecule has 0 saturated heterocycles. The van der Waals surface area contributed by atoms with E-state index in [-0.39, 0.29) is 11.9 Å². The molecule has 2 aromatic rings. The van der Waals surface area contributed by atoms with Crippen molar-refractivity contribution < 1.29 is 4.79 Å². The first-order valence-corrected chi connectivity index (χ1v) is 6.64. The number of benzene rings is 1. The second-order valence-electron chi connectivity index (χ2n) is 4.85. The number of aromatic nitrogens is 2. The fourth-order valence-corrected chi connectivity index (χ4v) is 2.60. The van der Waals surface area contributed by atoms with E-state index in [1.165, 1.54) is 17.3 Å². The minimum atomic E-state index is -0.180. The van der Waals surface area contributed by atoms with Gasteiger partial charge in [0.05, 0.1) is 0 Å². The number of nitrogens with one attached hydrogen (secondary N) is 2. The molecule has 0 spiro atoms. The van der Waals surface area contributed by atoms with Gasteiger partial charge < -0.3 is 10.6 Å². The molecule has 0 aliphatic heterocycles. The molecule has 3 rings (SSSR count). The summed E-state index contributed by atoms with van der Waals surface area (Å²) in [6.45, 7) is 0. The maximum atomic E-state index is 12.3. The van der Waals surface area contributed by atoms with Crippen molar-refractivity contribution >= 4 is 11.7 Å². The summed E-state index contributed by atoms with van der Waals surface area (Å²) in [6, 6.07) is 8.42. The molecule has 20 heavy (non-hydrogen) atoms. The lowest BCUT2D eigenvalue weighted by atomic mass is 10.1. The van der Waals surface area contributed by atoms with Crippen molar-refractivity contribution in [1.82, 2.24) is 15.3 Å². The fourth-order valence-electron chi connectivity index (χ4n) is 2.60. The van der Waals surface area contributed by atoms with E-state index in [1.54, 1.807) is 13.2 Å². The van der Waals surface area contributed by atoms with Crippen molar-refractivity contribution in [1.29, 1.82) is 0 Å². The Morgan fingerprint density at radius 2 is 1.80 bits per heavy atom. The maximum absolute atomic E-state index is 12.3. The molecule has 1 aromatic carbocycles. The number of carbonyl (C=O) groups is 1. The van der Waals surface area contributed by atoms with Crippen LogP contribution < -0.4 is 10.6 Å². The Morgan fingerprint density at radius 1 is 1.15 bits per heavy atom. The number of anilines is 1. The van der Waals surface area contributed by atoms with Crippen LogP contribution >= 0.6 is 0 Å². The quantitative estimate of drug-likeness (QED) is 0.883. The Morgan fingerprint density at radius 3 is 2.45 bits per heavy atom. The first-order valence-electron chi connectivity index (χ1n) is 6.64. The molecule has 0 unspecified atom stereocenters. The Balaban J connectivity index is 1.72. The average molecular weight is 268 g/mol. The number of fused-ring (bicyclic) bond motifs is 1. The lowest BCUT2D eigenvalue weighted by molar-refractivity contribution is 0.0934. The SMILES string of the molecule is CNc1nccnc1C(=O)NC1Cc2ccccc2C1. The van der Waals surface area contributed by atoms with Crippen LogP contribution in [0.1, 0.15) is 21.6 Å². The smallest absolute Gasteiger partial charge is 0.273 e. The average Bonchev–Trinajstić information content (AvgIpc) is 2.89. The monoisotopic (exact) mass is 268 g/mol. The van der Waals surface area contributed by atoms with Crippen LogP contribution in [0.25, 0.3) is 0 Å². The van der Waals surface area contributed by atoms with Crippen molar-refractivity contribution in [2.24, 2.45) is 0 Å². The zero-order valence-electron chi connectivity index (χ0n) is 11.3. The normalized spacial score (nSPS) is 13.8. The highest BCUT2D eigenvalue weighted by atomic mass is 16.2.